The number of nitrogens with zero attached hydrogens (tertiary/aromatic N) is 2. The molecule has 0 aliphatic heterocycles. The Bertz CT molecular complexity index is 980. The van der Waals surface area contributed by atoms with Gasteiger partial charge in [0.2, 0.25) is 0 Å². The third-order valence-corrected chi connectivity index (χ3v) is 7.09. The number of carbonyl (C=O) groups excluding carboxylic acids is 1. The SMILES string of the molecule is CCCCOC(=O)N(C)Cc1cc(Cl)sc1-c1ccc(O[C@H]2CCC[C@H](C(=O)O)C2)c(C)n1. The minimum atomic E-state index is -0.755. The van der Waals surface area contributed by atoms with E-state index in [0.717, 1.165) is 47.5 Å². The molecule has 2 heterocycles. The smallest absolute Gasteiger partial charge is 0.409 e. The first-order chi connectivity index (χ1) is 15.8. The molecule has 1 saturated carbocycles. The van der Waals surface area contributed by atoms with E-state index in [1.165, 1.54) is 16.2 Å². The van der Waals surface area contributed by atoms with Crippen molar-refractivity contribution in [1.82, 2.24) is 9.88 Å². The van der Waals surface area contributed by atoms with Crippen LogP contribution in [-0.2, 0) is 16.1 Å². The third kappa shape index (κ3) is 6.84. The summed E-state index contributed by atoms with van der Waals surface area (Å²) in [7, 11) is 1.70. The van der Waals surface area contributed by atoms with Crippen molar-refractivity contribution in [2.75, 3.05) is 13.7 Å². The first-order valence-corrected chi connectivity index (χ1v) is 12.5. The summed E-state index contributed by atoms with van der Waals surface area (Å²) in [5.74, 6) is -0.441. The number of amides is 1. The van der Waals surface area contributed by atoms with Crippen LogP contribution in [0.5, 0.6) is 5.75 Å². The van der Waals surface area contributed by atoms with Gasteiger partial charge in [-0.1, -0.05) is 24.9 Å². The van der Waals surface area contributed by atoms with Crippen molar-refractivity contribution in [2.45, 2.75) is 65.0 Å². The number of thiophene rings is 1. The average molecular weight is 495 g/mol. The molecule has 0 saturated heterocycles. The Morgan fingerprint density at radius 3 is 2.82 bits per heavy atom. The molecular formula is C24H31ClN2O5S. The number of halogens is 1. The van der Waals surface area contributed by atoms with E-state index in [1.54, 1.807) is 7.05 Å². The highest BCUT2D eigenvalue weighted by molar-refractivity contribution is 7.19. The van der Waals surface area contributed by atoms with Crippen LogP contribution in [0.25, 0.3) is 10.6 Å². The molecule has 0 aromatic carbocycles. The molecular weight excluding hydrogens is 464 g/mol. The molecule has 2 aromatic heterocycles. The second-order valence-corrected chi connectivity index (χ2v) is 10.1. The molecule has 1 N–H and O–H groups in total. The van der Waals surface area contributed by atoms with Gasteiger partial charge in [0, 0.05) is 7.05 Å². The molecule has 2 atom stereocenters. The summed E-state index contributed by atoms with van der Waals surface area (Å²) in [4.78, 5) is 30.7. The van der Waals surface area contributed by atoms with E-state index in [4.69, 9.17) is 26.1 Å². The Kier molecular flexibility index (Phi) is 8.97. The number of aryl methyl sites for hydroxylation is 1. The topological polar surface area (TPSA) is 89.0 Å². The number of carboxylic acids is 1. The summed E-state index contributed by atoms with van der Waals surface area (Å²) in [5.41, 5.74) is 2.39. The van der Waals surface area contributed by atoms with Gasteiger partial charge in [0.05, 0.1) is 45.8 Å². The Hall–Kier alpha value is -2.32. The third-order valence-electron chi connectivity index (χ3n) is 5.76. The molecule has 1 amide bonds. The van der Waals surface area contributed by atoms with Gasteiger partial charge in [0.15, 0.2) is 0 Å². The van der Waals surface area contributed by atoms with Gasteiger partial charge in [-0.3, -0.25) is 4.79 Å². The summed E-state index contributed by atoms with van der Waals surface area (Å²) in [5, 5.41) is 9.31. The van der Waals surface area contributed by atoms with E-state index in [0.29, 0.717) is 36.1 Å². The zero-order chi connectivity index (χ0) is 24.0. The Morgan fingerprint density at radius 2 is 2.12 bits per heavy atom. The second-order valence-electron chi connectivity index (χ2n) is 8.45. The zero-order valence-corrected chi connectivity index (χ0v) is 20.9. The van der Waals surface area contributed by atoms with E-state index >= 15 is 0 Å². The van der Waals surface area contributed by atoms with Crippen LogP contribution in [0.15, 0.2) is 18.2 Å². The summed E-state index contributed by atoms with van der Waals surface area (Å²) < 4.78 is 12.0. The first kappa shape index (κ1) is 25.3. The fourth-order valence-electron chi connectivity index (χ4n) is 3.92. The van der Waals surface area contributed by atoms with E-state index in [9.17, 15) is 14.7 Å². The molecule has 0 unspecified atom stereocenters. The standard InChI is InChI=1S/C24H31ClN2O5S/c1-4-5-11-31-24(30)27(3)14-17-13-21(25)33-22(17)19-9-10-20(15(2)26-19)32-18-8-6-7-16(12-18)23(28)29/h9-10,13,16,18H,4-8,11-12,14H2,1-3H3,(H,28,29)/t16-,18-/m0/s1. The molecule has 2 aromatic rings. The van der Waals surface area contributed by atoms with Crippen LogP contribution in [0.2, 0.25) is 4.34 Å². The fraction of sp³-hybridized carbons (Fsp3) is 0.542. The number of ether oxygens (including phenoxy) is 2. The molecule has 0 spiro atoms. The average Bonchev–Trinajstić information content (AvgIpc) is 3.15. The molecule has 9 heteroatoms. The zero-order valence-electron chi connectivity index (χ0n) is 19.3. The number of aliphatic carboxylic acids is 1. The van der Waals surface area contributed by atoms with Crippen molar-refractivity contribution in [1.29, 1.82) is 0 Å². The number of rotatable bonds is 9. The van der Waals surface area contributed by atoms with Gasteiger partial charge in [-0.2, -0.15) is 0 Å². The summed E-state index contributed by atoms with van der Waals surface area (Å²) >= 11 is 7.72. The molecule has 0 bridgehead atoms. The maximum absolute atomic E-state index is 12.2. The Labute approximate surface area is 203 Å². The van der Waals surface area contributed by atoms with E-state index in [1.807, 2.05) is 32.0 Å². The molecule has 3 rings (SSSR count). The monoisotopic (exact) mass is 494 g/mol. The van der Waals surface area contributed by atoms with E-state index in [2.05, 4.69) is 0 Å². The molecule has 1 fully saturated rings. The van der Waals surface area contributed by atoms with Crippen LogP contribution < -0.4 is 4.74 Å². The lowest BCUT2D eigenvalue weighted by atomic mass is 9.87. The molecule has 1 aliphatic rings. The van der Waals surface area contributed by atoms with Crippen molar-refractivity contribution < 1.29 is 24.2 Å². The second kappa shape index (κ2) is 11.7. The molecule has 7 nitrogen and oxygen atoms in total. The first-order valence-electron chi connectivity index (χ1n) is 11.3. The van der Waals surface area contributed by atoms with Gasteiger partial charge in [-0.05, 0) is 62.8 Å². The quantitative estimate of drug-likeness (QED) is 0.420. The predicted molar refractivity (Wildman–Crippen MR) is 129 cm³/mol. The van der Waals surface area contributed by atoms with Gasteiger partial charge in [0.1, 0.15) is 5.75 Å². The highest BCUT2D eigenvalue weighted by Gasteiger charge is 2.28. The lowest BCUT2D eigenvalue weighted by Gasteiger charge is -2.27. The summed E-state index contributed by atoms with van der Waals surface area (Å²) in [6.45, 7) is 4.70. The van der Waals surface area contributed by atoms with Gasteiger partial charge >= 0.3 is 12.1 Å². The number of hydrogen-bond donors (Lipinski definition) is 1. The lowest BCUT2D eigenvalue weighted by molar-refractivity contribution is -0.143. The van der Waals surface area contributed by atoms with Crippen molar-refractivity contribution in [3.63, 3.8) is 0 Å². The van der Waals surface area contributed by atoms with Crippen molar-refractivity contribution in [3.05, 3.63) is 33.8 Å². The summed E-state index contributed by atoms with van der Waals surface area (Å²) in [6, 6.07) is 5.61. The molecule has 33 heavy (non-hydrogen) atoms. The number of hydrogen-bond acceptors (Lipinski definition) is 6. The van der Waals surface area contributed by atoms with Crippen LogP contribution in [0.3, 0.4) is 0 Å². The normalized spacial score (nSPS) is 18.1. The van der Waals surface area contributed by atoms with E-state index < -0.39 is 5.97 Å². The lowest BCUT2D eigenvalue weighted by Crippen LogP contribution is -2.29. The highest BCUT2D eigenvalue weighted by atomic mass is 35.5. The number of carboxylic acid groups (broad SMARTS) is 1. The largest absolute Gasteiger partial charge is 0.489 e. The highest BCUT2D eigenvalue weighted by Crippen LogP contribution is 2.37. The number of carbonyl (C=O) groups is 2. The van der Waals surface area contributed by atoms with Crippen LogP contribution in [0.1, 0.15) is 56.7 Å². The van der Waals surface area contributed by atoms with Crippen LogP contribution in [0.4, 0.5) is 4.79 Å². The predicted octanol–water partition coefficient (Wildman–Crippen LogP) is 6.16. The Balaban J connectivity index is 1.71. The van der Waals surface area contributed by atoms with Gasteiger partial charge < -0.3 is 19.5 Å². The molecule has 1 aliphatic carbocycles. The molecule has 180 valence electrons. The fourth-order valence-corrected chi connectivity index (χ4v) is 5.15. The minimum Gasteiger partial charge on any atom is -0.489 e. The Morgan fingerprint density at radius 1 is 1.33 bits per heavy atom. The van der Waals surface area contributed by atoms with Crippen LogP contribution in [-0.4, -0.2) is 46.8 Å². The van der Waals surface area contributed by atoms with Gasteiger partial charge in [0.25, 0.3) is 0 Å². The van der Waals surface area contributed by atoms with Gasteiger partial charge in [-0.25, -0.2) is 9.78 Å². The summed E-state index contributed by atoms with van der Waals surface area (Å²) in [6.07, 6.45) is 4.23. The van der Waals surface area contributed by atoms with E-state index in [-0.39, 0.29) is 18.1 Å². The van der Waals surface area contributed by atoms with Gasteiger partial charge in [-0.15, -0.1) is 11.3 Å². The van der Waals surface area contributed by atoms with Crippen molar-refractivity contribution >= 4 is 35.0 Å². The molecule has 0 radical (unpaired) electrons. The number of aromatic nitrogens is 1. The maximum Gasteiger partial charge on any atom is 0.409 e. The van der Waals surface area contributed by atoms with Crippen LogP contribution in [0, 0.1) is 12.8 Å². The number of unbranched alkanes of at least 4 members (excludes halogenated alkanes) is 1. The van der Waals surface area contributed by atoms with Crippen LogP contribution >= 0.6 is 22.9 Å². The van der Waals surface area contributed by atoms with Crippen molar-refractivity contribution in [3.8, 4) is 16.3 Å². The minimum absolute atomic E-state index is 0.120. The number of pyridine rings is 1. The maximum atomic E-state index is 12.2. The van der Waals surface area contributed by atoms with Crippen molar-refractivity contribution in [2.24, 2.45) is 5.92 Å².